The second-order valence-corrected chi connectivity index (χ2v) is 8.46. The number of likely N-dealkylation sites (tertiary alicyclic amines) is 1. The summed E-state index contributed by atoms with van der Waals surface area (Å²) in [5, 5.41) is 24.2. The van der Waals surface area contributed by atoms with Crippen molar-refractivity contribution in [3.8, 4) is 0 Å². The number of aliphatic carboxylic acids is 1. The zero-order valence-corrected chi connectivity index (χ0v) is 20.1. The Morgan fingerprint density at radius 1 is 1.36 bits per heavy atom. The van der Waals surface area contributed by atoms with Gasteiger partial charge in [-0.05, 0) is 34.4 Å². The molecule has 2 fully saturated rings. The molecule has 1 aromatic heterocycles. The Morgan fingerprint density at radius 3 is 2.61 bits per heavy atom. The number of carboxylic acid groups (broad SMARTS) is 1. The third-order valence-corrected chi connectivity index (χ3v) is 6.77. The molecule has 33 heavy (non-hydrogen) atoms. The summed E-state index contributed by atoms with van der Waals surface area (Å²) >= 11 is 0.919. The van der Waals surface area contributed by atoms with Gasteiger partial charge in [-0.15, -0.1) is 5.10 Å². The third-order valence-electron chi connectivity index (χ3n) is 5.71. The summed E-state index contributed by atoms with van der Waals surface area (Å²) in [5.41, 5.74) is -0.314. The first kappa shape index (κ1) is 25.5. The van der Waals surface area contributed by atoms with E-state index in [9.17, 15) is 37.5 Å². The number of aromatic nitrogens is 4. The summed E-state index contributed by atoms with van der Waals surface area (Å²) < 4.78 is 40.2. The van der Waals surface area contributed by atoms with E-state index in [0.29, 0.717) is 4.90 Å². The fourth-order valence-electron chi connectivity index (χ4n) is 4.52. The van der Waals surface area contributed by atoms with Crippen LogP contribution in [0.4, 0.5) is 13.2 Å². The number of nitrogens with one attached hydrogen (secondary N) is 1. The Morgan fingerprint density at radius 2 is 2.06 bits per heavy atom. The van der Waals surface area contributed by atoms with Gasteiger partial charge in [0.15, 0.2) is 6.33 Å². The van der Waals surface area contributed by atoms with Gasteiger partial charge in [-0.25, -0.2) is 0 Å². The fourth-order valence-corrected chi connectivity index (χ4v) is 5.58. The molecule has 0 bridgehead atoms. The third kappa shape index (κ3) is 4.24. The van der Waals surface area contributed by atoms with Crippen molar-refractivity contribution in [3.05, 3.63) is 17.6 Å². The van der Waals surface area contributed by atoms with Crippen molar-refractivity contribution in [1.82, 2.24) is 34.7 Å². The zero-order valence-electron chi connectivity index (χ0n) is 17.3. The molecule has 0 aromatic carbocycles. The van der Waals surface area contributed by atoms with Crippen LogP contribution in [0.2, 0.25) is 0 Å². The number of tetrazole rings is 1. The minimum atomic E-state index is -5.17. The number of carbonyl (C=O) groups is 4. The molecule has 2 unspecified atom stereocenters. The summed E-state index contributed by atoms with van der Waals surface area (Å²) in [6, 6.07) is -2.42. The van der Waals surface area contributed by atoms with Crippen LogP contribution < -0.4 is 40.0 Å². The molecule has 172 valence electrons. The van der Waals surface area contributed by atoms with Crippen molar-refractivity contribution in [3.63, 3.8) is 0 Å². The van der Waals surface area contributed by atoms with Crippen LogP contribution in [0.1, 0.15) is 12.8 Å². The van der Waals surface area contributed by atoms with Gasteiger partial charge in [-0.3, -0.25) is 14.4 Å². The first-order valence-electron chi connectivity index (χ1n) is 9.33. The van der Waals surface area contributed by atoms with E-state index in [0.717, 1.165) is 16.8 Å². The summed E-state index contributed by atoms with van der Waals surface area (Å²) in [5.74, 6) is -5.90. The number of halogens is 3. The Balaban J connectivity index is 0.00000306. The number of nitrogens with zero attached hydrogens (tertiary/aromatic N) is 6. The molecule has 3 amide bonds. The number of hydrogen-bond acceptors (Lipinski definition) is 9. The average molecular weight is 497 g/mol. The van der Waals surface area contributed by atoms with Crippen molar-refractivity contribution < 1.29 is 67.0 Å². The number of carbonyl (C=O) groups excluding carboxylic acids is 4. The molecule has 17 heteroatoms. The summed E-state index contributed by atoms with van der Waals surface area (Å²) in [4.78, 5) is 49.9. The van der Waals surface area contributed by atoms with Crippen LogP contribution in [-0.4, -0.2) is 90.2 Å². The van der Waals surface area contributed by atoms with E-state index >= 15 is 0 Å². The average Bonchev–Trinajstić information content (AvgIpc) is 3.35. The van der Waals surface area contributed by atoms with Gasteiger partial charge < -0.3 is 25.0 Å². The molecular formula is C16H15F3N7NaO5S. The van der Waals surface area contributed by atoms with E-state index in [1.807, 2.05) is 0 Å². The number of amides is 3. The fraction of sp³-hybridized carbons (Fsp3) is 0.562. The van der Waals surface area contributed by atoms with E-state index in [2.05, 4.69) is 20.8 Å². The molecule has 3 aliphatic heterocycles. The van der Waals surface area contributed by atoms with E-state index in [4.69, 9.17) is 0 Å². The van der Waals surface area contributed by atoms with Gasteiger partial charge in [-0.2, -0.15) is 17.3 Å². The molecular weight excluding hydrogens is 482 g/mol. The van der Waals surface area contributed by atoms with E-state index in [1.165, 1.54) is 17.5 Å². The number of carboxylic acids is 1. The Hall–Kier alpha value is -2.17. The second-order valence-electron chi connectivity index (χ2n) is 7.31. The molecule has 1 aromatic rings. The molecule has 0 spiro atoms. The van der Waals surface area contributed by atoms with Crippen molar-refractivity contribution in [2.75, 3.05) is 13.6 Å². The minimum Gasteiger partial charge on any atom is -0.543 e. The number of hydrogen-bond donors (Lipinski definition) is 1. The number of alkyl halides is 3. The molecule has 4 atom stereocenters. The Kier molecular flexibility index (Phi) is 7.12. The number of rotatable bonds is 6. The van der Waals surface area contributed by atoms with Crippen molar-refractivity contribution in [2.24, 2.45) is 5.92 Å². The maximum atomic E-state index is 13.0. The molecule has 0 saturated carbocycles. The van der Waals surface area contributed by atoms with Gasteiger partial charge in [0.1, 0.15) is 6.04 Å². The van der Waals surface area contributed by atoms with Gasteiger partial charge in [0.05, 0.1) is 23.0 Å². The normalized spacial score (nSPS) is 24.6. The van der Waals surface area contributed by atoms with Crippen molar-refractivity contribution >= 4 is 35.6 Å². The standard InChI is InChI=1S/C16H16F3N7O5S.Na/c1-20-8(27)4-7(32-25-5-21-22-23-25)9-6-2-3-24(15(31)16(17,18)19)12-10(6)26(13(12)28)11(9)14(29)30;/h5-7,10,12H,2-4H2,1H3,(H,20,27)(H,29,30);/q;+1/p-1/t6?,7?,10-,12+;/m1./s1. The van der Waals surface area contributed by atoms with Crippen molar-refractivity contribution in [1.29, 1.82) is 0 Å². The van der Waals surface area contributed by atoms with Crippen LogP contribution >= 0.6 is 11.9 Å². The number of β-lactam (4-membered cyclic amide) rings is 1. The van der Waals surface area contributed by atoms with Gasteiger partial charge in [-0.1, -0.05) is 0 Å². The molecule has 0 aliphatic carbocycles. The van der Waals surface area contributed by atoms with Crippen LogP contribution in [0.15, 0.2) is 17.6 Å². The molecule has 4 rings (SSSR count). The van der Waals surface area contributed by atoms with Crippen LogP contribution in [0.3, 0.4) is 0 Å². The van der Waals surface area contributed by atoms with Crippen LogP contribution in [-0.2, 0) is 19.2 Å². The van der Waals surface area contributed by atoms with Crippen molar-refractivity contribution in [2.45, 2.75) is 36.4 Å². The van der Waals surface area contributed by atoms with Gasteiger partial charge in [0.2, 0.25) is 5.91 Å². The van der Waals surface area contributed by atoms with Gasteiger partial charge in [0.25, 0.3) is 5.91 Å². The summed E-state index contributed by atoms with van der Waals surface area (Å²) in [6.45, 7) is -0.393. The van der Waals surface area contributed by atoms with E-state index < -0.39 is 65.4 Å². The SMILES string of the molecule is CNC(=O)CC(Sn1cnnn1)C1=C(C(=O)[O-])N2C(=O)[C@@H]3[C@H]2C1CCN3C(=O)C(F)(F)F.[Na+]. The van der Waals surface area contributed by atoms with Gasteiger partial charge >= 0.3 is 41.6 Å². The van der Waals surface area contributed by atoms with Crippen LogP contribution in [0.25, 0.3) is 0 Å². The van der Waals surface area contributed by atoms with E-state index in [-0.39, 0.29) is 48.0 Å². The molecule has 4 heterocycles. The van der Waals surface area contributed by atoms with E-state index in [1.54, 1.807) is 0 Å². The monoisotopic (exact) mass is 497 g/mol. The topological polar surface area (TPSA) is 153 Å². The Bertz CT molecular complexity index is 1020. The quantitative estimate of drug-likeness (QED) is 0.300. The number of piperidine rings is 1. The second kappa shape index (κ2) is 9.23. The molecule has 1 N–H and O–H groups in total. The molecule has 3 aliphatic rings. The maximum absolute atomic E-state index is 13.0. The molecule has 2 saturated heterocycles. The van der Waals surface area contributed by atoms with Crippen LogP contribution in [0.5, 0.6) is 0 Å². The smallest absolute Gasteiger partial charge is 0.543 e. The van der Waals surface area contributed by atoms with Crippen LogP contribution in [0, 0.1) is 5.92 Å². The minimum absolute atomic E-state index is 0. The largest absolute Gasteiger partial charge is 1.00 e. The maximum Gasteiger partial charge on any atom is 1.00 e. The van der Waals surface area contributed by atoms with Gasteiger partial charge in [0, 0.05) is 25.9 Å². The Labute approximate surface area is 210 Å². The predicted molar refractivity (Wildman–Crippen MR) is 95.6 cm³/mol. The zero-order chi connectivity index (χ0) is 23.4. The summed E-state index contributed by atoms with van der Waals surface area (Å²) in [7, 11) is 1.39. The predicted octanol–water partition coefficient (Wildman–Crippen LogP) is -5.31. The first-order valence-corrected chi connectivity index (χ1v) is 10.2. The molecule has 0 radical (unpaired) electrons. The first-order chi connectivity index (χ1) is 15.1. The summed E-state index contributed by atoms with van der Waals surface area (Å²) in [6.07, 6.45) is -4.19. The molecule has 12 nitrogen and oxygen atoms in total.